The van der Waals surface area contributed by atoms with Crippen LogP contribution in [0.4, 0.5) is 0 Å². The largest absolute Gasteiger partial charge is 0.465 e. The number of thioether (sulfide) groups is 1. The number of H-pyrrole nitrogens is 1. The Morgan fingerprint density at radius 1 is 1.13 bits per heavy atom. The molecule has 0 aliphatic carbocycles. The van der Waals surface area contributed by atoms with Crippen molar-refractivity contribution in [3.8, 4) is 0 Å². The van der Waals surface area contributed by atoms with E-state index in [1.807, 2.05) is 36.4 Å². The average Bonchev–Trinajstić information content (AvgIpc) is 2.59. The van der Waals surface area contributed by atoms with Crippen LogP contribution in [0.2, 0.25) is 0 Å². The number of methoxy groups -OCH3 is 1. The van der Waals surface area contributed by atoms with Gasteiger partial charge in [0.05, 0.1) is 12.7 Å². The number of hydrogen-bond donors (Lipinski definition) is 1. The van der Waals surface area contributed by atoms with Crippen molar-refractivity contribution in [2.75, 3.05) is 7.11 Å². The molecule has 0 atom stereocenters. The predicted octanol–water partition coefficient (Wildman–Crippen LogP) is 3.61. The summed E-state index contributed by atoms with van der Waals surface area (Å²) < 4.78 is 4.81. The third kappa shape index (κ3) is 3.29. The fraction of sp³-hybridized carbons (Fsp3) is 0.111. The molecule has 0 fully saturated rings. The Morgan fingerprint density at radius 3 is 2.70 bits per heavy atom. The van der Waals surface area contributed by atoms with Crippen LogP contribution in [-0.4, -0.2) is 18.1 Å². The fourth-order valence-corrected chi connectivity index (χ4v) is 3.45. The molecule has 3 rings (SSSR count). The van der Waals surface area contributed by atoms with E-state index in [2.05, 4.69) is 4.98 Å². The first kappa shape index (κ1) is 15.4. The molecule has 5 heteroatoms. The van der Waals surface area contributed by atoms with Gasteiger partial charge in [0.2, 0.25) is 5.56 Å². The number of nitrogens with one attached hydrogen (secondary N) is 1. The van der Waals surface area contributed by atoms with Gasteiger partial charge >= 0.3 is 5.97 Å². The van der Waals surface area contributed by atoms with Gasteiger partial charge in [-0.05, 0) is 23.8 Å². The first-order chi connectivity index (χ1) is 11.2. The van der Waals surface area contributed by atoms with E-state index in [4.69, 9.17) is 4.74 Å². The van der Waals surface area contributed by atoms with Crippen LogP contribution >= 0.6 is 11.8 Å². The van der Waals surface area contributed by atoms with Crippen molar-refractivity contribution < 1.29 is 9.53 Å². The van der Waals surface area contributed by atoms with E-state index in [-0.39, 0.29) is 11.5 Å². The maximum Gasteiger partial charge on any atom is 0.338 e. The van der Waals surface area contributed by atoms with Gasteiger partial charge in [0, 0.05) is 27.6 Å². The van der Waals surface area contributed by atoms with E-state index in [9.17, 15) is 9.59 Å². The van der Waals surface area contributed by atoms with E-state index in [1.54, 1.807) is 18.2 Å². The number of carbonyl (C=O) groups is 1. The van der Waals surface area contributed by atoms with Crippen LogP contribution in [0.1, 0.15) is 15.9 Å². The van der Waals surface area contributed by atoms with Crippen LogP contribution in [0, 0.1) is 0 Å². The van der Waals surface area contributed by atoms with Crippen molar-refractivity contribution in [1.82, 2.24) is 4.98 Å². The van der Waals surface area contributed by atoms with Crippen molar-refractivity contribution >= 4 is 28.6 Å². The number of hydrogen-bond acceptors (Lipinski definition) is 4. The second-order valence-electron chi connectivity index (χ2n) is 4.98. The standard InChI is InChI=1S/C18H15NO3S/c1-22-18(21)14-7-3-5-9-16(14)23-11-12-10-17(20)19-15-8-4-2-6-13(12)15/h2-10H,11H2,1H3,(H,19,20). The minimum Gasteiger partial charge on any atom is -0.465 e. The van der Waals surface area contributed by atoms with Gasteiger partial charge in [0.15, 0.2) is 0 Å². The summed E-state index contributed by atoms with van der Waals surface area (Å²) in [7, 11) is 1.37. The van der Waals surface area contributed by atoms with Gasteiger partial charge in [-0.1, -0.05) is 30.3 Å². The lowest BCUT2D eigenvalue weighted by molar-refractivity contribution is 0.0597. The molecule has 0 bridgehead atoms. The van der Waals surface area contributed by atoms with E-state index in [0.29, 0.717) is 11.3 Å². The molecule has 4 nitrogen and oxygen atoms in total. The Morgan fingerprint density at radius 2 is 1.87 bits per heavy atom. The molecule has 0 aliphatic heterocycles. The molecular weight excluding hydrogens is 310 g/mol. The number of benzene rings is 2. The number of rotatable bonds is 4. The quantitative estimate of drug-likeness (QED) is 0.588. The van der Waals surface area contributed by atoms with Crippen LogP contribution in [0.15, 0.2) is 64.3 Å². The number of esters is 1. The lowest BCUT2D eigenvalue weighted by atomic mass is 10.1. The number of aromatic nitrogens is 1. The molecule has 23 heavy (non-hydrogen) atoms. The van der Waals surface area contributed by atoms with Crippen LogP contribution in [0.25, 0.3) is 10.9 Å². The van der Waals surface area contributed by atoms with E-state index in [1.165, 1.54) is 18.9 Å². The van der Waals surface area contributed by atoms with Gasteiger partial charge in [0.1, 0.15) is 0 Å². The Balaban J connectivity index is 1.93. The fourth-order valence-electron chi connectivity index (χ4n) is 2.42. The van der Waals surface area contributed by atoms with E-state index >= 15 is 0 Å². The molecule has 116 valence electrons. The number of para-hydroxylation sites is 1. The van der Waals surface area contributed by atoms with Gasteiger partial charge in [-0.3, -0.25) is 4.79 Å². The highest BCUT2D eigenvalue weighted by atomic mass is 32.2. The summed E-state index contributed by atoms with van der Waals surface area (Å²) in [6.07, 6.45) is 0. The normalized spacial score (nSPS) is 10.7. The maximum atomic E-state index is 11.8. The molecule has 0 saturated carbocycles. The molecule has 0 amide bonds. The molecule has 1 heterocycles. The number of carbonyl (C=O) groups excluding carboxylic acids is 1. The first-order valence-corrected chi connectivity index (χ1v) is 8.08. The van der Waals surface area contributed by atoms with Gasteiger partial charge in [-0.2, -0.15) is 0 Å². The number of pyridine rings is 1. The monoisotopic (exact) mass is 325 g/mol. The van der Waals surface area contributed by atoms with Crippen molar-refractivity contribution in [3.05, 3.63) is 76.1 Å². The average molecular weight is 325 g/mol. The predicted molar refractivity (Wildman–Crippen MR) is 91.9 cm³/mol. The minimum absolute atomic E-state index is 0.124. The van der Waals surface area contributed by atoms with Gasteiger partial charge < -0.3 is 9.72 Å². The summed E-state index contributed by atoms with van der Waals surface area (Å²) in [6.45, 7) is 0. The molecule has 0 spiro atoms. The highest BCUT2D eigenvalue weighted by molar-refractivity contribution is 7.98. The molecule has 3 aromatic rings. The second kappa shape index (κ2) is 6.71. The zero-order valence-corrected chi connectivity index (χ0v) is 13.4. The molecule has 0 aliphatic rings. The van der Waals surface area contributed by atoms with Crippen molar-refractivity contribution in [2.24, 2.45) is 0 Å². The van der Waals surface area contributed by atoms with Crippen molar-refractivity contribution in [3.63, 3.8) is 0 Å². The Bertz CT molecular complexity index is 917. The second-order valence-corrected chi connectivity index (χ2v) is 6.00. The summed E-state index contributed by atoms with van der Waals surface area (Å²) in [5.41, 5.74) is 2.17. The first-order valence-electron chi connectivity index (χ1n) is 7.10. The highest BCUT2D eigenvalue weighted by Crippen LogP contribution is 2.28. The van der Waals surface area contributed by atoms with Crippen molar-refractivity contribution in [1.29, 1.82) is 0 Å². The van der Waals surface area contributed by atoms with Gasteiger partial charge in [0.25, 0.3) is 0 Å². The lowest BCUT2D eigenvalue weighted by Gasteiger charge is -2.09. The van der Waals surface area contributed by atoms with E-state index < -0.39 is 0 Å². The molecular formula is C18H15NO3S. The summed E-state index contributed by atoms with van der Waals surface area (Å²) in [4.78, 5) is 27.3. The zero-order valence-electron chi connectivity index (χ0n) is 12.5. The Hall–Kier alpha value is -2.53. The number of ether oxygens (including phenoxy) is 1. The van der Waals surface area contributed by atoms with Crippen LogP contribution in [-0.2, 0) is 10.5 Å². The third-order valence-corrected chi connectivity index (χ3v) is 4.63. The third-order valence-electron chi connectivity index (χ3n) is 3.51. The van der Waals surface area contributed by atoms with Gasteiger partial charge in [-0.25, -0.2) is 4.79 Å². The molecule has 0 unspecified atom stereocenters. The summed E-state index contributed by atoms with van der Waals surface area (Å²) >= 11 is 1.51. The summed E-state index contributed by atoms with van der Waals surface area (Å²) in [5, 5.41) is 1.01. The maximum absolute atomic E-state index is 11.8. The zero-order chi connectivity index (χ0) is 16.2. The summed E-state index contributed by atoms with van der Waals surface area (Å²) in [5.74, 6) is 0.238. The van der Waals surface area contributed by atoms with Crippen LogP contribution in [0.3, 0.4) is 0 Å². The molecule has 0 saturated heterocycles. The lowest BCUT2D eigenvalue weighted by Crippen LogP contribution is -2.06. The Kier molecular flexibility index (Phi) is 4.48. The van der Waals surface area contributed by atoms with Gasteiger partial charge in [-0.15, -0.1) is 11.8 Å². The summed E-state index contributed by atoms with van der Waals surface area (Å²) in [6, 6.07) is 16.6. The molecule has 0 radical (unpaired) electrons. The molecule has 2 aromatic carbocycles. The number of fused-ring (bicyclic) bond motifs is 1. The SMILES string of the molecule is COC(=O)c1ccccc1SCc1cc(=O)[nH]c2ccccc12. The number of aromatic amines is 1. The van der Waals surface area contributed by atoms with Crippen LogP contribution < -0.4 is 5.56 Å². The smallest absolute Gasteiger partial charge is 0.338 e. The molecule has 1 aromatic heterocycles. The van der Waals surface area contributed by atoms with Crippen molar-refractivity contribution in [2.45, 2.75) is 10.6 Å². The van der Waals surface area contributed by atoms with Crippen LogP contribution in [0.5, 0.6) is 0 Å². The Labute approximate surface area is 137 Å². The van der Waals surface area contributed by atoms with E-state index in [0.717, 1.165) is 21.4 Å². The minimum atomic E-state index is -0.358. The highest BCUT2D eigenvalue weighted by Gasteiger charge is 2.12. The molecule has 1 N–H and O–H groups in total. The topological polar surface area (TPSA) is 59.2 Å².